The first kappa shape index (κ1) is 14.2. The van der Waals surface area contributed by atoms with Gasteiger partial charge in [0.15, 0.2) is 0 Å². The Labute approximate surface area is 107 Å². The Kier molecular flexibility index (Phi) is 5.87. The molecule has 0 aliphatic carbocycles. The monoisotopic (exact) mass is 250 g/mol. The number of amides is 2. The van der Waals surface area contributed by atoms with Gasteiger partial charge in [0.25, 0.3) is 0 Å². The van der Waals surface area contributed by atoms with Gasteiger partial charge in [0, 0.05) is 25.9 Å². The van der Waals surface area contributed by atoms with Crippen molar-refractivity contribution in [2.24, 2.45) is 0 Å². The summed E-state index contributed by atoms with van der Waals surface area (Å²) in [6.45, 7) is 2.90. The molecule has 1 aromatic rings. The van der Waals surface area contributed by atoms with Crippen molar-refractivity contribution in [3.8, 4) is 0 Å². The molecule has 0 fully saturated rings. The quantitative estimate of drug-likeness (QED) is 0.607. The number of benzene rings is 1. The van der Waals surface area contributed by atoms with Gasteiger partial charge < -0.3 is 15.4 Å². The fraction of sp³-hybridized carbons (Fsp3) is 0.385. The Hall–Kier alpha value is -1.88. The molecule has 0 atom stereocenters. The van der Waals surface area contributed by atoms with Crippen molar-refractivity contribution >= 4 is 17.5 Å². The van der Waals surface area contributed by atoms with Crippen LogP contribution in [-0.2, 0) is 14.3 Å². The van der Waals surface area contributed by atoms with Crippen molar-refractivity contribution in [3.05, 3.63) is 29.8 Å². The molecule has 0 bridgehead atoms. The maximum absolute atomic E-state index is 11.5. The van der Waals surface area contributed by atoms with E-state index < -0.39 is 11.8 Å². The summed E-state index contributed by atoms with van der Waals surface area (Å²) in [6, 6.07) is 7.28. The average molecular weight is 250 g/mol. The van der Waals surface area contributed by atoms with E-state index in [1.807, 2.05) is 19.1 Å². The van der Waals surface area contributed by atoms with Crippen molar-refractivity contribution in [2.75, 3.05) is 25.6 Å². The standard InChI is InChI=1S/C13H18N2O3/c1-10-5-3-6-11(9-10)15-13(17)12(16)14-7-4-8-18-2/h3,5-6,9H,4,7-8H2,1-2H3,(H,14,16)(H,15,17). The van der Waals surface area contributed by atoms with Crippen LogP contribution in [0.1, 0.15) is 12.0 Å². The number of hydrogen-bond acceptors (Lipinski definition) is 3. The number of carbonyl (C=O) groups is 2. The van der Waals surface area contributed by atoms with Gasteiger partial charge in [-0.2, -0.15) is 0 Å². The van der Waals surface area contributed by atoms with Crippen molar-refractivity contribution in [1.29, 1.82) is 0 Å². The lowest BCUT2D eigenvalue weighted by Crippen LogP contribution is -2.36. The maximum Gasteiger partial charge on any atom is 0.313 e. The smallest absolute Gasteiger partial charge is 0.313 e. The molecule has 0 heterocycles. The van der Waals surface area contributed by atoms with E-state index >= 15 is 0 Å². The number of hydrogen-bond donors (Lipinski definition) is 2. The van der Waals surface area contributed by atoms with Crippen LogP contribution in [0, 0.1) is 6.92 Å². The van der Waals surface area contributed by atoms with Crippen molar-refractivity contribution < 1.29 is 14.3 Å². The highest BCUT2D eigenvalue weighted by Gasteiger charge is 2.12. The van der Waals surface area contributed by atoms with E-state index in [4.69, 9.17) is 4.74 Å². The summed E-state index contributed by atoms with van der Waals surface area (Å²) in [7, 11) is 1.59. The molecule has 0 aliphatic rings. The first-order valence-corrected chi connectivity index (χ1v) is 5.78. The van der Waals surface area contributed by atoms with Crippen LogP contribution in [0.15, 0.2) is 24.3 Å². The van der Waals surface area contributed by atoms with E-state index in [0.717, 1.165) is 5.56 Å². The molecule has 0 saturated carbocycles. The van der Waals surface area contributed by atoms with E-state index in [9.17, 15) is 9.59 Å². The molecule has 18 heavy (non-hydrogen) atoms. The lowest BCUT2D eigenvalue weighted by Gasteiger charge is -2.06. The Morgan fingerprint density at radius 1 is 1.28 bits per heavy atom. The van der Waals surface area contributed by atoms with Gasteiger partial charge in [-0.1, -0.05) is 12.1 Å². The van der Waals surface area contributed by atoms with Crippen LogP contribution in [0.25, 0.3) is 0 Å². The summed E-state index contributed by atoms with van der Waals surface area (Å²) >= 11 is 0. The van der Waals surface area contributed by atoms with Gasteiger partial charge in [-0.25, -0.2) is 0 Å². The zero-order valence-corrected chi connectivity index (χ0v) is 10.7. The predicted molar refractivity (Wildman–Crippen MR) is 69.3 cm³/mol. The van der Waals surface area contributed by atoms with Crippen LogP contribution >= 0.6 is 0 Å². The summed E-state index contributed by atoms with van der Waals surface area (Å²) in [4.78, 5) is 23.0. The summed E-state index contributed by atoms with van der Waals surface area (Å²) in [5.74, 6) is -1.29. The molecule has 2 N–H and O–H groups in total. The van der Waals surface area contributed by atoms with Crippen LogP contribution in [0.2, 0.25) is 0 Å². The van der Waals surface area contributed by atoms with Gasteiger partial charge in [0.1, 0.15) is 0 Å². The zero-order chi connectivity index (χ0) is 13.4. The third kappa shape index (κ3) is 4.97. The molecule has 0 aromatic heterocycles. The molecule has 0 unspecified atom stereocenters. The minimum absolute atomic E-state index is 0.425. The van der Waals surface area contributed by atoms with Gasteiger partial charge >= 0.3 is 11.8 Å². The second-order valence-corrected chi connectivity index (χ2v) is 3.93. The van der Waals surface area contributed by atoms with Crippen molar-refractivity contribution in [3.63, 3.8) is 0 Å². The second-order valence-electron chi connectivity index (χ2n) is 3.93. The molecule has 1 rings (SSSR count). The molecule has 5 heteroatoms. The first-order chi connectivity index (χ1) is 8.63. The van der Waals surface area contributed by atoms with Crippen LogP contribution in [-0.4, -0.2) is 32.1 Å². The van der Waals surface area contributed by atoms with Crippen LogP contribution in [0.3, 0.4) is 0 Å². The molecule has 5 nitrogen and oxygen atoms in total. The largest absolute Gasteiger partial charge is 0.385 e. The van der Waals surface area contributed by atoms with Crippen LogP contribution < -0.4 is 10.6 Å². The predicted octanol–water partition coefficient (Wildman–Crippen LogP) is 1.09. The normalized spacial score (nSPS) is 9.89. The third-order valence-corrected chi connectivity index (χ3v) is 2.29. The second kappa shape index (κ2) is 7.45. The van der Waals surface area contributed by atoms with E-state index in [1.165, 1.54) is 0 Å². The van der Waals surface area contributed by atoms with E-state index in [0.29, 0.717) is 25.3 Å². The summed E-state index contributed by atoms with van der Waals surface area (Å²) in [6.07, 6.45) is 0.681. The van der Waals surface area contributed by atoms with Gasteiger partial charge in [-0.3, -0.25) is 9.59 Å². The molecule has 0 saturated heterocycles. The molecule has 98 valence electrons. The fourth-order valence-corrected chi connectivity index (χ4v) is 1.41. The third-order valence-electron chi connectivity index (χ3n) is 2.29. The zero-order valence-electron chi connectivity index (χ0n) is 10.7. The van der Waals surface area contributed by atoms with E-state index in [-0.39, 0.29) is 0 Å². The Morgan fingerprint density at radius 3 is 2.72 bits per heavy atom. The van der Waals surface area contributed by atoms with E-state index in [1.54, 1.807) is 19.2 Å². The molecule has 0 radical (unpaired) electrons. The van der Waals surface area contributed by atoms with Gasteiger partial charge in [-0.05, 0) is 31.0 Å². The lowest BCUT2D eigenvalue weighted by atomic mass is 10.2. The highest BCUT2D eigenvalue weighted by molar-refractivity contribution is 6.39. The summed E-state index contributed by atoms with van der Waals surface area (Å²) < 4.78 is 4.84. The number of methoxy groups -OCH3 is 1. The van der Waals surface area contributed by atoms with Crippen LogP contribution in [0.4, 0.5) is 5.69 Å². The van der Waals surface area contributed by atoms with E-state index in [2.05, 4.69) is 10.6 Å². The Bertz CT molecular complexity index is 418. The number of anilines is 1. The number of carbonyl (C=O) groups excluding carboxylic acids is 2. The average Bonchev–Trinajstić information content (AvgIpc) is 2.34. The van der Waals surface area contributed by atoms with Crippen molar-refractivity contribution in [1.82, 2.24) is 5.32 Å². The maximum atomic E-state index is 11.5. The number of aryl methyl sites for hydroxylation is 1. The van der Waals surface area contributed by atoms with Gasteiger partial charge in [0.2, 0.25) is 0 Å². The SMILES string of the molecule is COCCCNC(=O)C(=O)Nc1cccc(C)c1. The first-order valence-electron chi connectivity index (χ1n) is 5.78. The molecule has 0 aliphatic heterocycles. The number of rotatable bonds is 5. The van der Waals surface area contributed by atoms with Crippen molar-refractivity contribution in [2.45, 2.75) is 13.3 Å². The summed E-state index contributed by atoms with van der Waals surface area (Å²) in [5.41, 5.74) is 1.64. The number of nitrogens with one attached hydrogen (secondary N) is 2. The Balaban J connectivity index is 2.38. The highest BCUT2D eigenvalue weighted by Crippen LogP contribution is 2.08. The molecular formula is C13H18N2O3. The number of ether oxygens (including phenoxy) is 1. The van der Waals surface area contributed by atoms with Gasteiger partial charge in [0.05, 0.1) is 0 Å². The fourth-order valence-electron chi connectivity index (χ4n) is 1.41. The molecule has 2 amide bonds. The molecule has 1 aromatic carbocycles. The minimum Gasteiger partial charge on any atom is -0.385 e. The van der Waals surface area contributed by atoms with Gasteiger partial charge in [-0.15, -0.1) is 0 Å². The Morgan fingerprint density at radius 2 is 2.06 bits per heavy atom. The molecular weight excluding hydrogens is 232 g/mol. The highest BCUT2D eigenvalue weighted by atomic mass is 16.5. The summed E-state index contributed by atoms with van der Waals surface area (Å²) in [5, 5.41) is 5.06. The lowest BCUT2D eigenvalue weighted by molar-refractivity contribution is -0.136. The minimum atomic E-state index is -0.655. The van der Waals surface area contributed by atoms with Crippen LogP contribution in [0.5, 0.6) is 0 Å². The molecule has 0 spiro atoms. The topological polar surface area (TPSA) is 67.4 Å².